The first-order valence-corrected chi connectivity index (χ1v) is 11.4. The third-order valence-corrected chi connectivity index (χ3v) is 5.96. The average molecular weight is 495 g/mol. The van der Waals surface area contributed by atoms with E-state index in [1.165, 1.54) is 36.5 Å². The van der Waals surface area contributed by atoms with Gasteiger partial charge < -0.3 is 35.4 Å². The number of aliphatic hydroxyl groups is 4. The predicted molar refractivity (Wildman–Crippen MR) is 130 cm³/mol. The van der Waals surface area contributed by atoms with Crippen molar-refractivity contribution in [2.75, 3.05) is 0 Å². The molecule has 0 saturated carbocycles. The molecule has 196 valence electrons. The zero-order valence-electron chi connectivity index (χ0n) is 20.9. The molecular weight excluding hydrogens is 456 g/mol. The number of allylic oxidation sites excluding steroid dienone is 9. The molecule has 0 spiro atoms. The summed E-state index contributed by atoms with van der Waals surface area (Å²) < 4.78 is 4.34. The summed E-state index contributed by atoms with van der Waals surface area (Å²) in [6.07, 6.45) is 6.29. The summed E-state index contributed by atoms with van der Waals surface area (Å²) in [5.41, 5.74) is 5.09. The van der Waals surface area contributed by atoms with Crippen molar-refractivity contribution in [3.8, 4) is 0 Å². The van der Waals surface area contributed by atoms with Crippen molar-refractivity contribution in [3.05, 3.63) is 58.7 Å². The van der Waals surface area contributed by atoms with Crippen molar-refractivity contribution in [1.82, 2.24) is 0 Å². The van der Waals surface area contributed by atoms with Crippen LogP contribution in [-0.2, 0) is 14.3 Å². The first-order valence-electron chi connectivity index (χ1n) is 11.4. The summed E-state index contributed by atoms with van der Waals surface area (Å²) in [6, 6.07) is 0. The number of carboxylic acids is 2. The van der Waals surface area contributed by atoms with Crippen LogP contribution in [0.4, 0.5) is 0 Å². The minimum Gasteiger partial charge on any atom is -0.479 e. The van der Waals surface area contributed by atoms with E-state index < -0.39 is 42.6 Å². The molecule has 1 aliphatic heterocycles. The van der Waals surface area contributed by atoms with E-state index in [0.717, 1.165) is 11.1 Å². The number of carbonyl (C=O) groups is 2. The second-order valence-corrected chi connectivity index (χ2v) is 9.52. The first-order chi connectivity index (χ1) is 16.2. The van der Waals surface area contributed by atoms with Crippen LogP contribution in [0, 0.1) is 5.41 Å². The number of ether oxygens (including phenoxy) is 1. The normalized spacial score (nSPS) is 29.8. The average Bonchev–Trinajstić information content (AvgIpc) is 2.73. The van der Waals surface area contributed by atoms with Crippen LogP contribution >= 0.6 is 0 Å². The number of aliphatic carboxylic acids is 2. The van der Waals surface area contributed by atoms with Crippen LogP contribution in [0.5, 0.6) is 0 Å². The highest BCUT2D eigenvalue weighted by molar-refractivity contribution is 5.81. The molecule has 5 atom stereocenters. The van der Waals surface area contributed by atoms with Gasteiger partial charge >= 0.3 is 11.9 Å². The van der Waals surface area contributed by atoms with Gasteiger partial charge in [-0.3, -0.25) is 0 Å². The van der Waals surface area contributed by atoms with Crippen molar-refractivity contribution in [3.63, 3.8) is 0 Å². The minimum atomic E-state index is -1.81. The van der Waals surface area contributed by atoms with Gasteiger partial charge in [0.05, 0.1) is 0 Å². The highest BCUT2D eigenvalue weighted by Gasteiger charge is 2.46. The Labute approximate surface area is 206 Å². The topological polar surface area (TPSA) is 165 Å². The molecule has 1 heterocycles. The molecule has 2 rings (SSSR count). The van der Waals surface area contributed by atoms with Crippen molar-refractivity contribution in [2.24, 2.45) is 5.41 Å². The zero-order chi connectivity index (χ0) is 26.9. The van der Waals surface area contributed by atoms with Crippen LogP contribution in [0.2, 0.25) is 0 Å². The Morgan fingerprint density at radius 1 is 0.971 bits per heavy atom. The van der Waals surface area contributed by atoms with Gasteiger partial charge in [-0.15, -0.1) is 0 Å². The molecular formula is C26H38O9. The fourth-order valence-corrected chi connectivity index (χ4v) is 3.94. The summed E-state index contributed by atoms with van der Waals surface area (Å²) in [7, 11) is 0. The van der Waals surface area contributed by atoms with E-state index in [9.17, 15) is 9.59 Å². The van der Waals surface area contributed by atoms with Gasteiger partial charge in [0.1, 0.15) is 18.3 Å². The van der Waals surface area contributed by atoms with Gasteiger partial charge in [0.2, 0.25) is 0 Å². The van der Waals surface area contributed by atoms with Crippen LogP contribution in [0.1, 0.15) is 53.9 Å². The third kappa shape index (κ3) is 9.54. The van der Waals surface area contributed by atoms with E-state index in [2.05, 4.69) is 44.6 Å². The Balaban J connectivity index is 0.000000400. The second-order valence-electron chi connectivity index (χ2n) is 9.52. The monoisotopic (exact) mass is 494 g/mol. The molecule has 1 aliphatic carbocycles. The predicted octanol–water partition coefficient (Wildman–Crippen LogP) is 2.47. The number of aliphatic hydroxyl groups excluding tert-OH is 4. The summed E-state index contributed by atoms with van der Waals surface area (Å²) in [6.45, 7) is 10.7. The molecule has 6 N–H and O–H groups in total. The molecule has 0 aromatic rings. The lowest BCUT2D eigenvalue weighted by atomic mass is 9.72. The molecule has 9 heteroatoms. The number of hydrogen-bond donors (Lipinski definition) is 6. The smallest absolute Gasteiger partial charge is 0.335 e. The molecule has 35 heavy (non-hydrogen) atoms. The number of hydrogen-bond acceptors (Lipinski definition) is 7. The molecule has 1 fully saturated rings. The highest BCUT2D eigenvalue weighted by atomic mass is 16.6. The van der Waals surface area contributed by atoms with Gasteiger partial charge in [-0.25, -0.2) is 9.59 Å². The third-order valence-electron chi connectivity index (χ3n) is 5.96. The van der Waals surface area contributed by atoms with Gasteiger partial charge in [-0.1, -0.05) is 55.4 Å². The Hall–Kier alpha value is -2.56. The Morgan fingerprint density at radius 2 is 1.60 bits per heavy atom. The summed E-state index contributed by atoms with van der Waals surface area (Å²) in [5.74, 6) is -2.43. The van der Waals surface area contributed by atoms with Crippen molar-refractivity contribution in [1.29, 1.82) is 0 Å². The van der Waals surface area contributed by atoms with Crippen LogP contribution < -0.4 is 0 Å². The van der Waals surface area contributed by atoms with Crippen LogP contribution in [-0.4, -0.2) is 73.3 Å². The second kappa shape index (κ2) is 13.5. The maximum Gasteiger partial charge on any atom is 0.335 e. The van der Waals surface area contributed by atoms with Crippen LogP contribution in [0.25, 0.3) is 0 Å². The number of carboxylic acid groups (broad SMARTS) is 2. The Morgan fingerprint density at radius 3 is 2.14 bits per heavy atom. The van der Waals surface area contributed by atoms with E-state index in [1.54, 1.807) is 13.0 Å². The van der Waals surface area contributed by atoms with Gasteiger partial charge in [0.15, 0.2) is 12.4 Å². The van der Waals surface area contributed by atoms with Gasteiger partial charge in [-0.05, 0) is 56.6 Å². The van der Waals surface area contributed by atoms with Crippen molar-refractivity contribution < 1.29 is 45.0 Å². The molecule has 2 aliphatic rings. The SMILES string of the molecule is CC1=C(/C=C/C(C)=C\C=C\C(C)=C\C(=O)O)C(C)(C)CCC1.O=C(O)[C@H]1O[C@@H](O)[C@H](O)[C@@H](O)[C@@H]1O. The van der Waals surface area contributed by atoms with E-state index >= 15 is 0 Å². The lowest BCUT2D eigenvalue weighted by Crippen LogP contribution is -2.59. The molecule has 0 unspecified atom stereocenters. The Kier molecular flexibility index (Phi) is 11.8. The van der Waals surface area contributed by atoms with Crippen molar-refractivity contribution >= 4 is 11.9 Å². The summed E-state index contributed by atoms with van der Waals surface area (Å²) in [4.78, 5) is 20.9. The molecule has 0 radical (unpaired) electrons. The number of rotatable bonds is 6. The van der Waals surface area contributed by atoms with E-state index in [1.807, 2.05) is 12.2 Å². The highest BCUT2D eigenvalue weighted by Crippen LogP contribution is 2.40. The van der Waals surface area contributed by atoms with Crippen molar-refractivity contribution in [2.45, 2.75) is 84.6 Å². The fourth-order valence-electron chi connectivity index (χ4n) is 3.94. The van der Waals surface area contributed by atoms with Gasteiger partial charge in [0.25, 0.3) is 0 Å². The molecule has 0 aromatic carbocycles. The molecule has 1 saturated heterocycles. The minimum absolute atomic E-state index is 0.260. The Bertz CT molecular complexity index is 908. The maximum absolute atomic E-state index is 10.5. The quantitative estimate of drug-likeness (QED) is 0.240. The maximum atomic E-state index is 10.5. The molecule has 9 nitrogen and oxygen atoms in total. The fraction of sp³-hybridized carbons (Fsp3) is 0.538. The lowest BCUT2D eigenvalue weighted by Gasteiger charge is -2.36. The first kappa shape index (κ1) is 30.5. The molecule has 0 bridgehead atoms. The largest absolute Gasteiger partial charge is 0.479 e. The van der Waals surface area contributed by atoms with E-state index in [4.69, 9.17) is 30.6 Å². The lowest BCUT2D eigenvalue weighted by molar-refractivity contribution is -0.279. The zero-order valence-corrected chi connectivity index (χ0v) is 20.9. The van der Waals surface area contributed by atoms with Crippen LogP contribution in [0.3, 0.4) is 0 Å². The van der Waals surface area contributed by atoms with E-state index in [-0.39, 0.29) is 5.41 Å². The van der Waals surface area contributed by atoms with E-state index in [0.29, 0.717) is 0 Å². The van der Waals surface area contributed by atoms with Gasteiger partial charge in [-0.2, -0.15) is 0 Å². The summed E-state index contributed by atoms with van der Waals surface area (Å²) >= 11 is 0. The standard InChI is InChI=1S/C20H28O2.C6H10O7/c1-15(8-6-9-16(2)14-19(21)22)11-12-18-17(3)10-7-13-20(18,4)5;7-1-2(8)4(5(10)11)13-6(12)3(1)9/h6,8-9,11-12,14H,7,10,13H2,1-5H3,(H,21,22);1-4,6-9,12H,(H,10,11)/b9-6+,12-11+,15-8-,16-14+;/t;1-,2-,3+,4-,6+/m.0/s1. The van der Waals surface area contributed by atoms with Gasteiger partial charge in [0, 0.05) is 6.08 Å². The summed E-state index contributed by atoms with van der Waals surface area (Å²) in [5, 5.41) is 53.0. The molecule has 0 amide bonds. The van der Waals surface area contributed by atoms with Crippen LogP contribution in [0.15, 0.2) is 58.7 Å². The molecule has 0 aromatic heterocycles.